The average molecular weight is 394 g/mol. The molecule has 2 aromatic carbocycles. The van der Waals surface area contributed by atoms with Crippen molar-refractivity contribution in [2.45, 2.75) is 6.92 Å². The van der Waals surface area contributed by atoms with Crippen molar-refractivity contribution in [2.75, 3.05) is 5.32 Å². The van der Waals surface area contributed by atoms with Gasteiger partial charge in [-0.25, -0.2) is 8.78 Å². The van der Waals surface area contributed by atoms with Crippen LogP contribution in [0.25, 0.3) is 16.8 Å². The summed E-state index contributed by atoms with van der Waals surface area (Å²) in [6, 6.07) is 15.1. The summed E-state index contributed by atoms with van der Waals surface area (Å²) < 4.78 is 28.5. The van der Waals surface area contributed by atoms with Crippen LogP contribution in [0.15, 0.2) is 72.4 Å². The molecule has 0 aliphatic carbocycles. The van der Waals surface area contributed by atoms with Crippen LogP contribution < -0.4 is 5.32 Å². The molecule has 0 saturated carbocycles. The molecule has 0 radical (unpaired) electrons. The fraction of sp³-hybridized carbons (Fsp3) is 0.0455. The lowest BCUT2D eigenvalue weighted by Crippen LogP contribution is -2.13. The first kappa shape index (κ1) is 18.1. The van der Waals surface area contributed by atoms with Gasteiger partial charge in [-0.05, 0) is 36.8 Å². The first-order chi connectivity index (χ1) is 13.5. The third-order valence-corrected chi connectivity index (χ3v) is 5.34. The molecule has 4 rings (SSSR count). The maximum atomic E-state index is 13.5. The second-order valence-electron chi connectivity index (χ2n) is 6.37. The number of hydrogen-bond acceptors (Lipinski definition) is 2. The average Bonchev–Trinajstić information content (AvgIpc) is 3.34. The third kappa shape index (κ3) is 3.46. The highest BCUT2D eigenvalue weighted by Crippen LogP contribution is 2.35. The summed E-state index contributed by atoms with van der Waals surface area (Å²) in [6.07, 6.45) is 3.74. The molecule has 140 valence electrons. The molecular weight excluding hydrogens is 378 g/mol. The number of rotatable bonds is 4. The first-order valence-corrected chi connectivity index (χ1v) is 9.49. The van der Waals surface area contributed by atoms with Gasteiger partial charge in [0.1, 0.15) is 4.88 Å². The second kappa shape index (κ2) is 7.40. The summed E-state index contributed by atoms with van der Waals surface area (Å²) >= 11 is 1.31. The van der Waals surface area contributed by atoms with Gasteiger partial charge in [-0.2, -0.15) is 0 Å². The van der Waals surface area contributed by atoms with Crippen LogP contribution in [-0.4, -0.2) is 10.5 Å². The number of halogens is 2. The van der Waals surface area contributed by atoms with Gasteiger partial charge >= 0.3 is 0 Å². The van der Waals surface area contributed by atoms with Crippen LogP contribution >= 0.6 is 11.3 Å². The Kier molecular flexibility index (Phi) is 4.79. The number of nitrogens with zero attached hydrogens (tertiary/aromatic N) is 1. The van der Waals surface area contributed by atoms with E-state index in [1.807, 2.05) is 65.7 Å². The van der Waals surface area contributed by atoms with Gasteiger partial charge < -0.3 is 9.88 Å². The first-order valence-electron chi connectivity index (χ1n) is 8.61. The molecule has 1 amide bonds. The number of aryl methyl sites for hydroxylation is 1. The van der Waals surface area contributed by atoms with E-state index < -0.39 is 11.6 Å². The number of anilines is 1. The Balaban J connectivity index is 1.75. The zero-order valence-corrected chi connectivity index (χ0v) is 15.8. The molecule has 2 heterocycles. The molecule has 6 heteroatoms. The van der Waals surface area contributed by atoms with Crippen LogP contribution in [0.2, 0.25) is 0 Å². The zero-order valence-electron chi connectivity index (χ0n) is 14.9. The molecule has 3 nitrogen and oxygen atoms in total. The normalized spacial score (nSPS) is 10.8. The molecule has 0 fully saturated rings. The van der Waals surface area contributed by atoms with E-state index in [0.717, 1.165) is 34.5 Å². The SMILES string of the molecule is Cc1ccc(-c2csc(C(=O)Nc3ccc(F)c(F)c3)c2-n2cccc2)cc1. The van der Waals surface area contributed by atoms with Gasteiger partial charge in [0, 0.05) is 35.1 Å². The van der Waals surface area contributed by atoms with Gasteiger partial charge in [0.25, 0.3) is 5.91 Å². The molecule has 0 atom stereocenters. The fourth-order valence-corrected chi connectivity index (χ4v) is 3.92. The molecular formula is C22H16F2N2OS. The minimum Gasteiger partial charge on any atom is -0.322 e. The Hall–Kier alpha value is -3.25. The largest absolute Gasteiger partial charge is 0.322 e. The van der Waals surface area contributed by atoms with E-state index in [4.69, 9.17) is 0 Å². The van der Waals surface area contributed by atoms with Crippen LogP contribution in [0.1, 0.15) is 15.2 Å². The molecule has 28 heavy (non-hydrogen) atoms. The van der Waals surface area contributed by atoms with E-state index in [2.05, 4.69) is 5.32 Å². The number of carbonyl (C=O) groups is 1. The molecule has 0 saturated heterocycles. The van der Waals surface area contributed by atoms with Crippen molar-refractivity contribution in [1.29, 1.82) is 0 Å². The maximum absolute atomic E-state index is 13.5. The molecule has 0 bridgehead atoms. The number of carbonyl (C=O) groups excluding carboxylic acids is 1. The van der Waals surface area contributed by atoms with Crippen LogP contribution in [0.4, 0.5) is 14.5 Å². The Bertz CT molecular complexity index is 1130. The Labute approximate surface area is 164 Å². The topological polar surface area (TPSA) is 34.0 Å². The van der Waals surface area contributed by atoms with Gasteiger partial charge in [0.05, 0.1) is 5.69 Å². The Morgan fingerprint density at radius 3 is 2.39 bits per heavy atom. The van der Waals surface area contributed by atoms with E-state index in [-0.39, 0.29) is 11.6 Å². The Morgan fingerprint density at radius 1 is 1.00 bits per heavy atom. The summed E-state index contributed by atoms with van der Waals surface area (Å²) in [5.41, 5.74) is 4.03. The van der Waals surface area contributed by atoms with Crippen molar-refractivity contribution < 1.29 is 13.6 Å². The predicted molar refractivity (Wildman–Crippen MR) is 108 cm³/mol. The number of amides is 1. The van der Waals surface area contributed by atoms with Crippen molar-refractivity contribution in [3.05, 3.63) is 94.4 Å². The van der Waals surface area contributed by atoms with E-state index in [1.165, 1.54) is 17.4 Å². The van der Waals surface area contributed by atoms with Crippen LogP contribution in [0.5, 0.6) is 0 Å². The molecule has 4 aromatic rings. The highest BCUT2D eigenvalue weighted by Gasteiger charge is 2.21. The molecule has 1 N–H and O–H groups in total. The van der Waals surface area contributed by atoms with E-state index >= 15 is 0 Å². The summed E-state index contributed by atoms with van der Waals surface area (Å²) in [6.45, 7) is 2.02. The second-order valence-corrected chi connectivity index (χ2v) is 7.25. The highest BCUT2D eigenvalue weighted by molar-refractivity contribution is 7.13. The van der Waals surface area contributed by atoms with Crippen molar-refractivity contribution in [2.24, 2.45) is 0 Å². The number of thiophene rings is 1. The van der Waals surface area contributed by atoms with E-state index in [0.29, 0.717) is 4.88 Å². The van der Waals surface area contributed by atoms with Crippen LogP contribution in [0, 0.1) is 18.6 Å². The van der Waals surface area contributed by atoms with Crippen LogP contribution in [-0.2, 0) is 0 Å². The fourth-order valence-electron chi connectivity index (χ4n) is 2.95. The van der Waals surface area contributed by atoms with Gasteiger partial charge in [0.15, 0.2) is 11.6 Å². The molecule has 0 aliphatic rings. The number of benzene rings is 2. The van der Waals surface area contributed by atoms with Crippen molar-refractivity contribution >= 4 is 22.9 Å². The van der Waals surface area contributed by atoms with Gasteiger partial charge in [-0.15, -0.1) is 11.3 Å². The lowest BCUT2D eigenvalue weighted by molar-refractivity contribution is 0.103. The number of hydrogen-bond donors (Lipinski definition) is 1. The summed E-state index contributed by atoms with van der Waals surface area (Å²) in [4.78, 5) is 13.4. The standard InChI is InChI=1S/C22H16F2N2OS/c1-14-4-6-15(7-5-14)17-13-28-21(20(17)26-10-2-3-11-26)22(27)25-16-8-9-18(23)19(24)12-16/h2-13H,1H3,(H,25,27). The van der Waals surface area contributed by atoms with Gasteiger partial charge in [-0.1, -0.05) is 29.8 Å². The minimum atomic E-state index is -1.00. The number of nitrogens with one attached hydrogen (secondary N) is 1. The van der Waals surface area contributed by atoms with E-state index in [9.17, 15) is 13.6 Å². The van der Waals surface area contributed by atoms with Crippen molar-refractivity contribution in [3.8, 4) is 16.8 Å². The van der Waals surface area contributed by atoms with Gasteiger partial charge in [0.2, 0.25) is 0 Å². The van der Waals surface area contributed by atoms with Crippen molar-refractivity contribution in [1.82, 2.24) is 4.57 Å². The predicted octanol–water partition coefficient (Wildman–Crippen LogP) is 6.04. The smallest absolute Gasteiger partial charge is 0.267 e. The third-order valence-electron chi connectivity index (χ3n) is 4.37. The van der Waals surface area contributed by atoms with E-state index in [1.54, 1.807) is 0 Å². The Morgan fingerprint density at radius 2 is 1.71 bits per heavy atom. The minimum absolute atomic E-state index is 0.202. The summed E-state index contributed by atoms with van der Waals surface area (Å²) in [7, 11) is 0. The zero-order chi connectivity index (χ0) is 19.7. The number of aromatic nitrogens is 1. The lowest BCUT2D eigenvalue weighted by atomic mass is 10.0. The quantitative estimate of drug-likeness (QED) is 0.449. The molecule has 0 spiro atoms. The highest BCUT2D eigenvalue weighted by atomic mass is 32.1. The molecule has 0 aliphatic heterocycles. The lowest BCUT2D eigenvalue weighted by Gasteiger charge is -2.10. The van der Waals surface area contributed by atoms with Crippen LogP contribution in [0.3, 0.4) is 0 Å². The monoisotopic (exact) mass is 394 g/mol. The maximum Gasteiger partial charge on any atom is 0.267 e. The van der Waals surface area contributed by atoms with Gasteiger partial charge in [-0.3, -0.25) is 4.79 Å². The molecule has 0 unspecified atom stereocenters. The van der Waals surface area contributed by atoms with Crippen molar-refractivity contribution in [3.63, 3.8) is 0 Å². The summed E-state index contributed by atoms with van der Waals surface area (Å²) in [5.74, 6) is -2.34. The molecule has 2 aromatic heterocycles. The summed E-state index contributed by atoms with van der Waals surface area (Å²) in [5, 5.41) is 4.58.